The molecule has 1 N–H and O–H groups in total. The predicted octanol–water partition coefficient (Wildman–Crippen LogP) is 1.41. The SMILES string of the molecule is Cc1ccc(N2CCC(=O)NC(C)(C3CC3)C2=O)cn1. The molecule has 1 saturated heterocycles. The zero-order valence-corrected chi connectivity index (χ0v) is 11.8. The molecule has 1 saturated carbocycles. The summed E-state index contributed by atoms with van der Waals surface area (Å²) in [6.07, 6.45) is 4.04. The lowest BCUT2D eigenvalue weighted by Gasteiger charge is -2.32. The van der Waals surface area contributed by atoms with Gasteiger partial charge in [-0.1, -0.05) is 0 Å². The maximum atomic E-state index is 12.9. The summed E-state index contributed by atoms with van der Waals surface area (Å²) in [4.78, 5) is 30.7. The van der Waals surface area contributed by atoms with E-state index in [0.717, 1.165) is 24.2 Å². The predicted molar refractivity (Wildman–Crippen MR) is 75.2 cm³/mol. The molecule has 0 aromatic carbocycles. The van der Waals surface area contributed by atoms with Crippen LogP contribution < -0.4 is 10.2 Å². The number of rotatable bonds is 2. The quantitative estimate of drug-likeness (QED) is 0.886. The number of pyridine rings is 1. The molecule has 2 amide bonds. The average Bonchev–Trinajstić information content (AvgIpc) is 3.24. The number of hydrogen-bond donors (Lipinski definition) is 1. The number of carbonyl (C=O) groups is 2. The minimum Gasteiger partial charge on any atom is -0.342 e. The third-order valence-corrected chi connectivity index (χ3v) is 4.25. The summed E-state index contributed by atoms with van der Waals surface area (Å²) in [7, 11) is 0. The van der Waals surface area contributed by atoms with Gasteiger partial charge in [0.15, 0.2) is 0 Å². The first-order valence-electron chi connectivity index (χ1n) is 7.06. The second-order valence-electron chi connectivity index (χ2n) is 5.89. The molecule has 2 fully saturated rings. The van der Waals surface area contributed by atoms with E-state index in [1.165, 1.54) is 0 Å². The Hall–Kier alpha value is -1.91. The summed E-state index contributed by atoms with van der Waals surface area (Å²) in [6, 6.07) is 3.78. The molecule has 1 aliphatic carbocycles. The molecule has 1 atom stereocenters. The van der Waals surface area contributed by atoms with Crippen molar-refractivity contribution in [2.75, 3.05) is 11.4 Å². The molecule has 1 unspecified atom stereocenters. The van der Waals surface area contributed by atoms with Crippen LogP contribution in [0.2, 0.25) is 0 Å². The summed E-state index contributed by atoms with van der Waals surface area (Å²) >= 11 is 0. The van der Waals surface area contributed by atoms with Gasteiger partial charge in [0.25, 0.3) is 5.91 Å². The van der Waals surface area contributed by atoms with Crippen molar-refractivity contribution >= 4 is 17.5 Å². The summed E-state index contributed by atoms with van der Waals surface area (Å²) in [5.74, 6) is 0.199. The van der Waals surface area contributed by atoms with Crippen LogP contribution in [0.3, 0.4) is 0 Å². The number of amides is 2. The highest BCUT2D eigenvalue weighted by atomic mass is 16.2. The molecule has 20 heavy (non-hydrogen) atoms. The highest BCUT2D eigenvalue weighted by Gasteiger charge is 2.51. The van der Waals surface area contributed by atoms with Crippen molar-refractivity contribution in [1.82, 2.24) is 10.3 Å². The van der Waals surface area contributed by atoms with Crippen LogP contribution in [-0.2, 0) is 9.59 Å². The lowest BCUT2D eigenvalue weighted by Crippen LogP contribution is -2.56. The first kappa shape index (κ1) is 13.1. The van der Waals surface area contributed by atoms with Crippen LogP contribution in [0.25, 0.3) is 0 Å². The van der Waals surface area contributed by atoms with E-state index >= 15 is 0 Å². The monoisotopic (exact) mass is 273 g/mol. The van der Waals surface area contributed by atoms with E-state index in [1.54, 1.807) is 11.1 Å². The van der Waals surface area contributed by atoms with E-state index in [1.807, 2.05) is 26.0 Å². The second kappa shape index (κ2) is 4.58. The van der Waals surface area contributed by atoms with Crippen molar-refractivity contribution in [3.8, 4) is 0 Å². The Kier molecular flexibility index (Phi) is 3.00. The average molecular weight is 273 g/mol. The van der Waals surface area contributed by atoms with Crippen molar-refractivity contribution in [3.63, 3.8) is 0 Å². The Morgan fingerprint density at radius 1 is 1.35 bits per heavy atom. The summed E-state index contributed by atoms with van der Waals surface area (Å²) < 4.78 is 0. The molecular formula is C15H19N3O2. The van der Waals surface area contributed by atoms with Crippen LogP contribution in [0.5, 0.6) is 0 Å². The summed E-state index contributed by atoms with van der Waals surface area (Å²) in [6.45, 7) is 4.18. The minimum atomic E-state index is -0.765. The molecule has 0 bridgehead atoms. The lowest BCUT2D eigenvalue weighted by atomic mass is 9.94. The van der Waals surface area contributed by atoms with Gasteiger partial charge >= 0.3 is 0 Å². The first-order chi connectivity index (χ1) is 9.50. The molecule has 0 radical (unpaired) electrons. The van der Waals surface area contributed by atoms with Gasteiger partial charge in [0.2, 0.25) is 5.91 Å². The number of nitrogens with zero attached hydrogens (tertiary/aromatic N) is 2. The van der Waals surface area contributed by atoms with Gasteiger partial charge in [-0.2, -0.15) is 0 Å². The summed E-state index contributed by atoms with van der Waals surface area (Å²) in [5.41, 5.74) is 0.914. The van der Waals surface area contributed by atoms with E-state index < -0.39 is 5.54 Å². The fraction of sp³-hybridized carbons (Fsp3) is 0.533. The lowest BCUT2D eigenvalue weighted by molar-refractivity contribution is -0.130. The van der Waals surface area contributed by atoms with E-state index in [0.29, 0.717) is 13.0 Å². The van der Waals surface area contributed by atoms with Crippen molar-refractivity contribution in [2.45, 2.75) is 38.6 Å². The third kappa shape index (κ3) is 2.17. The summed E-state index contributed by atoms with van der Waals surface area (Å²) in [5, 5.41) is 2.93. The molecule has 2 heterocycles. The molecule has 0 spiro atoms. The smallest absolute Gasteiger partial charge is 0.252 e. The van der Waals surface area contributed by atoms with E-state index in [9.17, 15) is 9.59 Å². The Morgan fingerprint density at radius 2 is 2.10 bits per heavy atom. The van der Waals surface area contributed by atoms with E-state index in [4.69, 9.17) is 0 Å². The largest absolute Gasteiger partial charge is 0.342 e. The molecule has 3 rings (SSSR count). The van der Waals surface area contributed by atoms with Crippen LogP contribution in [-0.4, -0.2) is 28.9 Å². The molecule has 5 heteroatoms. The van der Waals surface area contributed by atoms with Gasteiger partial charge in [-0.25, -0.2) is 0 Å². The van der Waals surface area contributed by atoms with Crippen molar-refractivity contribution in [3.05, 3.63) is 24.0 Å². The zero-order valence-electron chi connectivity index (χ0n) is 11.8. The van der Waals surface area contributed by atoms with E-state index in [-0.39, 0.29) is 17.7 Å². The van der Waals surface area contributed by atoms with Gasteiger partial charge in [0.05, 0.1) is 11.9 Å². The van der Waals surface area contributed by atoms with Gasteiger partial charge in [-0.05, 0) is 44.7 Å². The van der Waals surface area contributed by atoms with Gasteiger partial charge in [-0.15, -0.1) is 0 Å². The molecule has 1 aliphatic heterocycles. The standard InChI is InChI=1S/C15H19N3O2/c1-10-3-6-12(9-16-10)18-8-7-13(19)17-15(2,14(18)20)11-4-5-11/h3,6,9,11H,4-5,7-8H2,1-2H3,(H,17,19). The normalized spacial score (nSPS) is 27.2. The fourth-order valence-electron chi connectivity index (χ4n) is 2.80. The first-order valence-corrected chi connectivity index (χ1v) is 7.06. The molecule has 2 aliphatic rings. The maximum absolute atomic E-state index is 12.9. The van der Waals surface area contributed by atoms with Crippen LogP contribution in [0.1, 0.15) is 31.9 Å². The number of nitrogens with one attached hydrogen (secondary N) is 1. The minimum absolute atomic E-state index is 0.0171. The van der Waals surface area contributed by atoms with Crippen LogP contribution in [0.15, 0.2) is 18.3 Å². The maximum Gasteiger partial charge on any atom is 0.252 e. The van der Waals surface area contributed by atoms with Gasteiger partial charge in [0, 0.05) is 18.7 Å². The second-order valence-corrected chi connectivity index (χ2v) is 5.89. The number of anilines is 1. The fourth-order valence-corrected chi connectivity index (χ4v) is 2.80. The molecular weight excluding hydrogens is 254 g/mol. The van der Waals surface area contributed by atoms with Crippen molar-refractivity contribution in [1.29, 1.82) is 0 Å². The molecule has 1 aromatic heterocycles. The van der Waals surface area contributed by atoms with Gasteiger partial charge in [-0.3, -0.25) is 14.6 Å². The van der Waals surface area contributed by atoms with Crippen LogP contribution in [0.4, 0.5) is 5.69 Å². The van der Waals surface area contributed by atoms with Crippen molar-refractivity contribution in [2.24, 2.45) is 5.92 Å². The van der Waals surface area contributed by atoms with Gasteiger partial charge < -0.3 is 10.2 Å². The highest BCUT2D eigenvalue weighted by Crippen LogP contribution is 2.41. The van der Waals surface area contributed by atoms with Crippen LogP contribution >= 0.6 is 0 Å². The third-order valence-electron chi connectivity index (χ3n) is 4.25. The van der Waals surface area contributed by atoms with Crippen molar-refractivity contribution < 1.29 is 9.59 Å². The molecule has 1 aromatic rings. The Balaban J connectivity index is 1.95. The van der Waals surface area contributed by atoms with Crippen LogP contribution in [0, 0.1) is 12.8 Å². The molecule has 5 nitrogen and oxygen atoms in total. The zero-order chi connectivity index (χ0) is 14.3. The number of hydrogen-bond acceptors (Lipinski definition) is 3. The Morgan fingerprint density at radius 3 is 2.70 bits per heavy atom. The highest BCUT2D eigenvalue weighted by molar-refractivity contribution is 6.04. The topological polar surface area (TPSA) is 62.3 Å². The molecule has 106 valence electrons. The Labute approximate surface area is 118 Å². The van der Waals surface area contributed by atoms with E-state index in [2.05, 4.69) is 10.3 Å². The van der Waals surface area contributed by atoms with Gasteiger partial charge in [0.1, 0.15) is 5.54 Å². The Bertz CT molecular complexity index is 551. The number of aromatic nitrogens is 1. The number of aryl methyl sites for hydroxylation is 1. The number of carbonyl (C=O) groups excluding carboxylic acids is 2.